The number of hydrogen-bond donors (Lipinski definition) is 2. The quantitative estimate of drug-likeness (QED) is 0.789. The molecule has 25 heavy (non-hydrogen) atoms. The number of nitrogens with zero attached hydrogens (tertiary/aromatic N) is 2. The van der Waals surface area contributed by atoms with E-state index in [0.29, 0.717) is 13.1 Å². The largest absolute Gasteiger partial charge is 0.395 e. The van der Waals surface area contributed by atoms with Gasteiger partial charge in [-0.15, -0.1) is 11.3 Å². The topological polar surface area (TPSA) is 65.5 Å². The molecular formula is C19H27N3O2S. The number of carbonyl (C=O) groups is 1. The van der Waals surface area contributed by atoms with Crippen molar-refractivity contribution in [1.82, 2.24) is 15.2 Å². The van der Waals surface area contributed by atoms with Gasteiger partial charge in [0.1, 0.15) is 5.01 Å². The lowest BCUT2D eigenvalue weighted by Crippen LogP contribution is -2.42. The number of aliphatic hydroxyl groups excluding tert-OH is 1. The Hall–Kier alpha value is -1.66. The molecule has 5 nitrogen and oxygen atoms in total. The first-order chi connectivity index (χ1) is 12.3. The summed E-state index contributed by atoms with van der Waals surface area (Å²) in [7, 11) is 0. The minimum Gasteiger partial charge on any atom is -0.395 e. The summed E-state index contributed by atoms with van der Waals surface area (Å²) in [4.78, 5) is 18.8. The highest BCUT2D eigenvalue weighted by molar-refractivity contribution is 7.18. The van der Waals surface area contributed by atoms with E-state index in [9.17, 15) is 9.90 Å². The Morgan fingerprint density at radius 3 is 2.80 bits per heavy atom. The molecule has 0 radical (unpaired) electrons. The van der Waals surface area contributed by atoms with Crippen molar-refractivity contribution in [3.8, 4) is 0 Å². The van der Waals surface area contributed by atoms with Gasteiger partial charge in [0.2, 0.25) is 0 Å². The first-order valence-corrected chi connectivity index (χ1v) is 10.1. The number of fused-ring (bicyclic) bond motifs is 1. The number of urea groups is 1. The van der Waals surface area contributed by atoms with Crippen molar-refractivity contribution in [2.45, 2.75) is 45.1 Å². The standard InChI is InChI=1S/C19H27N3O2S/c23-13-12-22(11-10-15-6-2-1-3-7-15)19(24)20-14-18-21-16-8-4-5-9-17(16)25-18/h4-5,8-9,15,23H,1-3,6-7,10-14H2,(H,20,24). The van der Waals surface area contributed by atoms with Crippen LogP contribution in [0.25, 0.3) is 10.2 Å². The van der Waals surface area contributed by atoms with E-state index in [-0.39, 0.29) is 12.6 Å². The highest BCUT2D eigenvalue weighted by atomic mass is 32.1. The molecular weight excluding hydrogens is 334 g/mol. The molecule has 0 unspecified atom stereocenters. The number of thiazole rings is 1. The minimum absolute atomic E-state index is 0.000769. The summed E-state index contributed by atoms with van der Waals surface area (Å²) in [6, 6.07) is 7.89. The zero-order chi connectivity index (χ0) is 17.5. The van der Waals surface area contributed by atoms with Crippen molar-refractivity contribution in [1.29, 1.82) is 0 Å². The average molecular weight is 362 g/mol. The van der Waals surface area contributed by atoms with Crippen molar-refractivity contribution in [2.24, 2.45) is 5.92 Å². The molecule has 0 bridgehead atoms. The summed E-state index contributed by atoms with van der Waals surface area (Å²) in [5.74, 6) is 0.729. The summed E-state index contributed by atoms with van der Waals surface area (Å²) in [5, 5.41) is 13.1. The summed E-state index contributed by atoms with van der Waals surface area (Å²) in [6.45, 7) is 1.54. The van der Waals surface area contributed by atoms with Crippen LogP contribution in [0.15, 0.2) is 24.3 Å². The van der Waals surface area contributed by atoms with Gasteiger partial charge in [-0.05, 0) is 24.5 Å². The van der Waals surface area contributed by atoms with Crippen LogP contribution in [0.3, 0.4) is 0 Å². The van der Waals surface area contributed by atoms with E-state index in [1.54, 1.807) is 16.2 Å². The lowest BCUT2D eigenvalue weighted by molar-refractivity contribution is 0.169. The molecule has 2 amide bonds. The van der Waals surface area contributed by atoms with Crippen molar-refractivity contribution in [2.75, 3.05) is 19.7 Å². The third-order valence-electron chi connectivity index (χ3n) is 4.92. The molecule has 3 rings (SSSR count). The Morgan fingerprint density at radius 1 is 1.24 bits per heavy atom. The predicted octanol–water partition coefficient (Wildman–Crippen LogP) is 3.77. The van der Waals surface area contributed by atoms with Gasteiger partial charge in [0.25, 0.3) is 0 Å². The number of amides is 2. The van der Waals surface area contributed by atoms with E-state index in [1.165, 1.54) is 32.1 Å². The number of aliphatic hydroxyl groups is 1. The predicted molar refractivity (Wildman–Crippen MR) is 102 cm³/mol. The van der Waals surface area contributed by atoms with Gasteiger partial charge in [0, 0.05) is 13.1 Å². The highest BCUT2D eigenvalue weighted by Crippen LogP contribution is 2.26. The molecule has 0 saturated heterocycles. The number of carbonyl (C=O) groups excluding carboxylic acids is 1. The van der Waals surface area contributed by atoms with Crippen LogP contribution in [0, 0.1) is 5.92 Å². The molecule has 1 heterocycles. The van der Waals surface area contributed by atoms with Crippen LogP contribution in [0.4, 0.5) is 4.79 Å². The Bertz CT molecular complexity index is 649. The minimum atomic E-state index is -0.107. The van der Waals surface area contributed by atoms with Gasteiger partial charge < -0.3 is 15.3 Å². The van der Waals surface area contributed by atoms with E-state index in [0.717, 1.165) is 34.1 Å². The number of nitrogens with one attached hydrogen (secondary N) is 1. The lowest BCUT2D eigenvalue weighted by Gasteiger charge is -2.26. The second-order valence-corrected chi connectivity index (χ2v) is 7.85. The molecule has 1 aliphatic carbocycles. The van der Waals surface area contributed by atoms with Crippen molar-refractivity contribution in [3.63, 3.8) is 0 Å². The fourth-order valence-electron chi connectivity index (χ4n) is 3.51. The van der Waals surface area contributed by atoms with Crippen LogP contribution in [0.2, 0.25) is 0 Å². The maximum Gasteiger partial charge on any atom is 0.317 e. The molecule has 0 atom stereocenters. The molecule has 0 spiro atoms. The fourth-order valence-corrected chi connectivity index (χ4v) is 4.42. The van der Waals surface area contributed by atoms with E-state index in [1.807, 2.05) is 24.3 Å². The molecule has 0 aliphatic heterocycles. The third-order valence-corrected chi connectivity index (χ3v) is 5.95. The van der Waals surface area contributed by atoms with Gasteiger partial charge in [0.15, 0.2) is 0 Å². The molecule has 1 aliphatic rings. The monoisotopic (exact) mass is 361 g/mol. The third kappa shape index (κ3) is 5.16. The van der Waals surface area contributed by atoms with Gasteiger partial charge in [-0.3, -0.25) is 0 Å². The van der Waals surface area contributed by atoms with Crippen LogP contribution in [-0.2, 0) is 6.54 Å². The average Bonchev–Trinajstić information content (AvgIpc) is 3.07. The maximum absolute atomic E-state index is 12.5. The van der Waals surface area contributed by atoms with Gasteiger partial charge in [-0.25, -0.2) is 9.78 Å². The van der Waals surface area contributed by atoms with Crippen molar-refractivity contribution in [3.05, 3.63) is 29.3 Å². The molecule has 1 aromatic heterocycles. The summed E-state index contributed by atoms with van der Waals surface area (Å²) in [6.07, 6.45) is 7.57. The van der Waals surface area contributed by atoms with Crippen LogP contribution in [0.1, 0.15) is 43.5 Å². The Labute approximate surface area is 153 Å². The molecule has 1 fully saturated rings. The normalized spacial score (nSPS) is 15.4. The van der Waals surface area contributed by atoms with Gasteiger partial charge in [-0.1, -0.05) is 44.2 Å². The number of hydrogen-bond acceptors (Lipinski definition) is 4. The molecule has 1 saturated carbocycles. The van der Waals surface area contributed by atoms with Crippen LogP contribution in [0.5, 0.6) is 0 Å². The van der Waals surface area contributed by atoms with E-state index < -0.39 is 0 Å². The SMILES string of the molecule is O=C(NCc1nc2ccccc2s1)N(CCO)CCC1CCCCC1. The van der Waals surface area contributed by atoms with E-state index in [4.69, 9.17) is 0 Å². The van der Waals surface area contributed by atoms with Gasteiger partial charge >= 0.3 is 6.03 Å². The molecule has 6 heteroatoms. The first-order valence-electron chi connectivity index (χ1n) is 9.24. The van der Waals surface area contributed by atoms with E-state index in [2.05, 4.69) is 10.3 Å². The van der Waals surface area contributed by atoms with Crippen molar-refractivity contribution >= 4 is 27.6 Å². The highest BCUT2D eigenvalue weighted by Gasteiger charge is 2.18. The summed E-state index contributed by atoms with van der Waals surface area (Å²) in [5.41, 5.74) is 0.973. The zero-order valence-electron chi connectivity index (χ0n) is 14.6. The Kier molecular flexibility index (Phi) is 6.64. The number of benzene rings is 1. The summed E-state index contributed by atoms with van der Waals surface area (Å²) >= 11 is 1.61. The van der Waals surface area contributed by atoms with Gasteiger partial charge in [0.05, 0.1) is 23.4 Å². The zero-order valence-corrected chi connectivity index (χ0v) is 15.4. The molecule has 2 N–H and O–H groups in total. The first kappa shape index (κ1) is 18.1. The maximum atomic E-state index is 12.5. The van der Waals surface area contributed by atoms with Crippen molar-refractivity contribution < 1.29 is 9.90 Å². The second-order valence-electron chi connectivity index (χ2n) is 6.74. The Balaban J connectivity index is 1.50. The smallest absolute Gasteiger partial charge is 0.317 e. The summed E-state index contributed by atoms with van der Waals surface area (Å²) < 4.78 is 1.14. The fraction of sp³-hybridized carbons (Fsp3) is 0.579. The molecule has 136 valence electrons. The number of aromatic nitrogens is 1. The van der Waals surface area contributed by atoms with Crippen LogP contribution >= 0.6 is 11.3 Å². The Morgan fingerprint density at radius 2 is 2.04 bits per heavy atom. The lowest BCUT2D eigenvalue weighted by atomic mass is 9.87. The van der Waals surface area contributed by atoms with Crippen LogP contribution < -0.4 is 5.32 Å². The van der Waals surface area contributed by atoms with Gasteiger partial charge in [-0.2, -0.15) is 0 Å². The number of rotatable bonds is 7. The molecule has 2 aromatic rings. The van der Waals surface area contributed by atoms with E-state index >= 15 is 0 Å². The van der Waals surface area contributed by atoms with Crippen LogP contribution in [-0.4, -0.2) is 40.7 Å². The molecule has 1 aromatic carbocycles. The second kappa shape index (κ2) is 9.15. The number of para-hydroxylation sites is 1.